The molecule has 1 aliphatic heterocycles. The predicted molar refractivity (Wildman–Crippen MR) is 128 cm³/mol. The van der Waals surface area contributed by atoms with Gasteiger partial charge in [-0.3, -0.25) is 23.7 Å². The van der Waals surface area contributed by atoms with Crippen molar-refractivity contribution in [2.75, 3.05) is 4.90 Å². The van der Waals surface area contributed by atoms with Crippen LogP contribution in [-0.2, 0) is 9.59 Å². The molecular weight excluding hydrogens is 471 g/mol. The fourth-order valence-electron chi connectivity index (χ4n) is 4.36. The summed E-state index contributed by atoms with van der Waals surface area (Å²) in [5.41, 5.74) is 1.30. The Kier molecular flexibility index (Phi) is 5.32. The molecule has 0 saturated carbocycles. The Morgan fingerprint density at radius 3 is 2.46 bits per heavy atom. The van der Waals surface area contributed by atoms with Crippen molar-refractivity contribution in [3.05, 3.63) is 87.6 Å². The molecule has 35 heavy (non-hydrogen) atoms. The molecule has 0 aliphatic carbocycles. The van der Waals surface area contributed by atoms with Crippen LogP contribution in [0.1, 0.15) is 45.3 Å². The van der Waals surface area contributed by atoms with Gasteiger partial charge in [0, 0.05) is 18.7 Å². The van der Waals surface area contributed by atoms with E-state index in [0.29, 0.717) is 21.9 Å². The number of ketones is 2. The van der Waals surface area contributed by atoms with Crippen molar-refractivity contribution in [2.24, 2.45) is 0 Å². The summed E-state index contributed by atoms with van der Waals surface area (Å²) in [7, 11) is 0. The number of hydrogen-bond donors (Lipinski definition) is 1. The first-order chi connectivity index (χ1) is 16.7. The number of nitrogens with zero attached hydrogens (tertiary/aromatic N) is 4. The van der Waals surface area contributed by atoms with Crippen LogP contribution in [0.5, 0.6) is 0 Å². The number of fused-ring (bicyclic) bond motifs is 1. The number of pyridine rings is 1. The zero-order valence-electron chi connectivity index (χ0n) is 18.9. The normalized spacial score (nSPS) is 17.5. The third-order valence-corrected chi connectivity index (χ3v) is 7.14. The molecule has 4 heterocycles. The fourth-order valence-corrected chi connectivity index (χ4v) is 5.35. The van der Waals surface area contributed by atoms with Gasteiger partial charge in [0.15, 0.2) is 16.7 Å². The van der Waals surface area contributed by atoms with Gasteiger partial charge in [0.2, 0.25) is 0 Å². The van der Waals surface area contributed by atoms with Crippen molar-refractivity contribution in [3.8, 4) is 0 Å². The van der Waals surface area contributed by atoms with E-state index < -0.39 is 29.3 Å². The lowest BCUT2D eigenvalue weighted by Gasteiger charge is -2.23. The molecule has 10 heteroatoms. The lowest BCUT2D eigenvalue weighted by Crippen LogP contribution is -2.29. The first-order valence-corrected chi connectivity index (χ1v) is 11.5. The Hall–Kier alpha value is -4.18. The third kappa shape index (κ3) is 3.45. The SMILES string of the molecule is CC(=O)c1sc(N2C(=O)C(=O)/C(=C(/O)c3c(C)nc4ccccn34)C2c2ccccc2F)nc1C. The number of thiazole rings is 1. The van der Waals surface area contributed by atoms with Gasteiger partial charge < -0.3 is 5.11 Å². The van der Waals surface area contributed by atoms with Crippen LogP contribution in [0.25, 0.3) is 11.4 Å². The number of carbonyl (C=O) groups excluding carboxylic acids is 3. The van der Waals surface area contributed by atoms with E-state index in [4.69, 9.17) is 0 Å². The van der Waals surface area contributed by atoms with E-state index in [0.717, 1.165) is 16.2 Å². The molecule has 3 aromatic heterocycles. The number of carbonyl (C=O) groups is 3. The molecule has 8 nitrogen and oxygen atoms in total. The number of aliphatic hydroxyl groups is 1. The van der Waals surface area contributed by atoms with Gasteiger partial charge in [-0.2, -0.15) is 0 Å². The van der Waals surface area contributed by atoms with Crippen molar-refractivity contribution in [1.29, 1.82) is 0 Å². The van der Waals surface area contributed by atoms with Gasteiger partial charge in [-0.25, -0.2) is 14.4 Å². The van der Waals surface area contributed by atoms with Crippen LogP contribution in [0, 0.1) is 19.7 Å². The average Bonchev–Trinajstić information content (AvgIpc) is 3.44. The summed E-state index contributed by atoms with van der Waals surface area (Å²) in [6.07, 6.45) is 1.67. The van der Waals surface area contributed by atoms with Crippen LogP contribution < -0.4 is 4.90 Å². The summed E-state index contributed by atoms with van der Waals surface area (Å²) in [6, 6.07) is 9.67. The molecule has 0 radical (unpaired) electrons. The number of hydrogen-bond acceptors (Lipinski definition) is 7. The van der Waals surface area contributed by atoms with Crippen molar-refractivity contribution in [2.45, 2.75) is 26.8 Å². The zero-order valence-corrected chi connectivity index (χ0v) is 19.8. The Morgan fingerprint density at radius 2 is 1.77 bits per heavy atom. The number of benzene rings is 1. The minimum Gasteiger partial charge on any atom is -0.505 e. The van der Waals surface area contributed by atoms with Crippen molar-refractivity contribution in [3.63, 3.8) is 0 Å². The molecule has 1 N–H and O–H groups in total. The van der Waals surface area contributed by atoms with Crippen molar-refractivity contribution < 1.29 is 23.9 Å². The quantitative estimate of drug-likeness (QED) is 0.197. The van der Waals surface area contributed by atoms with E-state index in [9.17, 15) is 19.5 Å². The van der Waals surface area contributed by atoms with Crippen LogP contribution in [-0.4, -0.2) is 36.9 Å². The second-order valence-electron chi connectivity index (χ2n) is 8.13. The molecule has 176 valence electrons. The van der Waals surface area contributed by atoms with Crippen LogP contribution in [0.4, 0.5) is 9.52 Å². The minimum atomic E-state index is -1.30. The number of aromatic nitrogens is 3. The number of anilines is 1. The number of imidazole rings is 1. The third-order valence-electron chi connectivity index (χ3n) is 5.88. The number of aryl methyl sites for hydroxylation is 2. The Balaban J connectivity index is 1.80. The minimum absolute atomic E-state index is 0.0111. The summed E-state index contributed by atoms with van der Waals surface area (Å²) in [6.45, 7) is 4.66. The Labute approximate surface area is 203 Å². The molecule has 0 bridgehead atoms. The molecule has 4 aromatic rings. The molecular formula is C25H19FN4O4S. The maximum atomic E-state index is 15.1. The van der Waals surface area contributed by atoms with Gasteiger partial charge in [0.05, 0.1) is 21.8 Å². The molecule has 1 atom stereocenters. The first kappa shape index (κ1) is 22.6. The fraction of sp³-hybridized carbons (Fsp3) is 0.160. The molecule has 1 unspecified atom stereocenters. The van der Waals surface area contributed by atoms with E-state index >= 15 is 4.39 Å². The smallest absolute Gasteiger partial charge is 0.301 e. The summed E-state index contributed by atoms with van der Waals surface area (Å²) in [4.78, 5) is 48.8. The Bertz CT molecular complexity index is 1590. The van der Waals surface area contributed by atoms with Gasteiger partial charge in [-0.1, -0.05) is 35.6 Å². The topological polar surface area (TPSA) is 105 Å². The molecule has 1 aromatic carbocycles. The maximum Gasteiger partial charge on any atom is 0.301 e. The second kappa shape index (κ2) is 8.24. The number of aliphatic hydroxyl groups excluding tert-OH is 1. The summed E-state index contributed by atoms with van der Waals surface area (Å²) < 4.78 is 16.7. The van der Waals surface area contributed by atoms with Gasteiger partial charge in [0.25, 0.3) is 5.78 Å². The van der Waals surface area contributed by atoms with E-state index in [-0.39, 0.29) is 27.7 Å². The molecule has 5 rings (SSSR count). The monoisotopic (exact) mass is 490 g/mol. The lowest BCUT2D eigenvalue weighted by atomic mass is 9.96. The summed E-state index contributed by atoms with van der Waals surface area (Å²) in [5, 5.41) is 11.5. The van der Waals surface area contributed by atoms with Crippen LogP contribution in [0.15, 0.2) is 54.2 Å². The standard InChI is InChI=1S/C25H19FN4O4S/c1-12-19(29-11-7-6-10-17(29)27-12)21(32)18-20(15-8-4-5-9-16(15)26)30(24(34)22(18)33)25-28-13(2)23(35-25)14(3)31/h4-11,20,32H,1-3H3/b21-18+. The van der Waals surface area contributed by atoms with Gasteiger partial charge in [0.1, 0.15) is 23.2 Å². The highest BCUT2D eigenvalue weighted by atomic mass is 32.1. The predicted octanol–water partition coefficient (Wildman–Crippen LogP) is 4.38. The Morgan fingerprint density at radius 1 is 1.06 bits per heavy atom. The zero-order chi connectivity index (χ0) is 25.0. The van der Waals surface area contributed by atoms with Crippen molar-refractivity contribution in [1.82, 2.24) is 14.4 Å². The maximum absolute atomic E-state index is 15.1. The van der Waals surface area contributed by atoms with Crippen LogP contribution in [0.2, 0.25) is 0 Å². The highest BCUT2D eigenvalue weighted by molar-refractivity contribution is 7.18. The van der Waals surface area contributed by atoms with Crippen LogP contribution >= 0.6 is 11.3 Å². The van der Waals surface area contributed by atoms with E-state index in [2.05, 4.69) is 9.97 Å². The summed E-state index contributed by atoms with van der Waals surface area (Å²) >= 11 is 0.940. The number of rotatable bonds is 4. The second-order valence-corrected chi connectivity index (χ2v) is 9.11. The molecule has 1 amide bonds. The van der Waals surface area contributed by atoms with Gasteiger partial charge >= 0.3 is 5.91 Å². The molecule has 0 spiro atoms. The lowest BCUT2D eigenvalue weighted by molar-refractivity contribution is -0.132. The van der Waals surface area contributed by atoms with Crippen molar-refractivity contribution >= 4 is 45.3 Å². The first-order valence-electron chi connectivity index (χ1n) is 10.7. The summed E-state index contributed by atoms with van der Waals surface area (Å²) in [5.74, 6) is -3.35. The molecule has 1 aliphatic rings. The number of Topliss-reactive ketones (excluding diaryl/α,β-unsaturated/α-hetero) is 2. The van der Waals surface area contributed by atoms with Gasteiger partial charge in [-0.15, -0.1) is 0 Å². The van der Waals surface area contributed by atoms with E-state index in [1.54, 1.807) is 48.7 Å². The molecule has 1 fully saturated rings. The highest BCUT2D eigenvalue weighted by Gasteiger charge is 2.49. The van der Waals surface area contributed by atoms with Crippen LogP contribution in [0.3, 0.4) is 0 Å². The average molecular weight is 491 g/mol. The van der Waals surface area contributed by atoms with Gasteiger partial charge in [-0.05, 0) is 32.0 Å². The van der Waals surface area contributed by atoms with E-state index in [1.165, 1.54) is 25.1 Å². The number of halogens is 1. The highest BCUT2D eigenvalue weighted by Crippen LogP contribution is 2.44. The number of amides is 1. The van der Waals surface area contributed by atoms with E-state index in [1.807, 2.05) is 0 Å². The molecule has 1 saturated heterocycles. The largest absolute Gasteiger partial charge is 0.505 e.